The van der Waals surface area contributed by atoms with E-state index in [0.29, 0.717) is 29.0 Å². The molecule has 1 unspecified atom stereocenters. The Hall–Kier alpha value is -2.49. The van der Waals surface area contributed by atoms with Gasteiger partial charge in [-0.15, -0.1) is 0 Å². The largest absolute Gasteiger partial charge is 0.404 e. The van der Waals surface area contributed by atoms with Gasteiger partial charge in [0.1, 0.15) is 0 Å². The minimum atomic E-state index is -0.165. The van der Waals surface area contributed by atoms with Crippen molar-refractivity contribution in [3.63, 3.8) is 0 Å². The molecule has 0 saturated carbocycles. The van der Waals surface area contributed by atoms with Crippen LogP contribution in [0.5, 0.6) is 0 Å². The van der Waals surface area contributed by atoms with Gasteiger partial charge in [0.25, 0.3) is 5.91 Å². The number of allylic oxidation sites excluding steroid dienone is 2. The molecule has 0 fully saturated rings. The second-order valence-corrected chi connectivity index (χ2v) is 9.29. The fourth-order valence-electron chi connectivity index (χ4n) is 3.07. The number of rotatable bonds is 12. The minimum absolute atomic E-state index is 0.165. The molecule has 0 aromatic heterocycles. The standard InChI is InChI=1S/C26H41N3O/c1-20(14-15-21(2)28-18-16-26(4,5)6)11-10-17-29-25(30)22(3)24(19-27)23-12-8-7-9-13-23/h7-9,12-13,15,19-20,28H,3,10-11,14,16-18,27H2,1-2,4-6H3,(H,29,30)/b21-15+,24-19-. The molecule has 0 radical (unpaired) electrons. The van der Waals surface area contributed by atoms with Crippen LogP contribution in [0.1, 0.15) is 65.9 Å². The van der Waals surface area contributed by atoms with Gasteiger partial charge in [0.2, 0.25) is 0 Å². The molecule has 4 heteroatoms. The van der Waals surface area contributed by atoms with Crippen LogP contribution in [0.15, 0.2) is 60.5 Å². The van der Waals surface area contributed by atoms with Crippen molar-refractivity contribution in [1.82, 2.24) is 10.6 Å². The Bertz CT molecular complexity index is 726. The van der Waals surface area contributed by atoms with Gasteiger partial charge < -0.3 is 16.4 Å². The molecule has 0 aliphatic rings. The van der Waals surface area contributed by atoms with Crippen molar-refractivity contribution in [3.05, 3.63) is 66.0 Å². The third kappa shape index (κ3) is 10.3. The highest BCUT2D eigenvalue weighted by Crippen LogP contribution is 2.21. The summed E-state index contributed by atoms with van der Waals surface area (Å²) in [7, 11) is 0. The van der Waals surface area contributed by atoms with Crippen LogP contribution >= 0.6 is 0 Å². The Balaban J connectivity index is 2.31. The molecule has 166 valence electrons. The number of hydrogen-bond acceptors (Lipinski definition) is 3. The molecule has 0 spiro atoms. The summed E-state index contributed by atoms with van der Waals surface area (Å²) in [5.74, 6) is 0.412. The third-order valence-corrected chi connectivity index (χ3v) is 5.12. The van der Waals surface area contributed by atoms with Crippen molar-refractivity contribution in [2.45, 2.75) is 60.3 Å². The quantitative estimate of drug-likeness (QED) is 0.245. The molecular formula is C26H41N3O. The van der Waals surface area contributed by atoms with Gasteiger partial charge in [0.05, 0.1) is 0 Å². The average molecular weight is 412 g/mol. The monoisotopic (exact) mass is 411 g/mol. The van der Waals surface area contributed by atoms with Crippen LogP contribution in [0.3, 0.4) is 0 Å². The maximum Gasteiger partial charge on any atom is 0.251 e. The zero-order valence-electron chi connectivity index (χ0n) is 19.6. The fourth-order valence-corrected chi connectivity index (χ4v) is 3.07. The first-order valence-corrected chi connectivity index (χ1v) is 11.0. The minimum Gasteiger partial charge on any atom is -0.404 e. The molecule has 0 saturated heterocycles. The summed E-state index contributed by atoms with van der Waals surface area (Å²) >= 11 is 0. The molecule has 1 atom stereocenters. The van der Waals surface area contributed by atoms with E-state index in [2.05, 4.69) is 57.9 Å². The van der Waals surface area contributed by atoms with Gasteiger partial charge in [-0.05, 0) is 49.5 Å². The molecule has 0 bridgehead atoms. The summed E-state index contributed by atoms with van der Waals surface area (Å²) < 4.78 is 0. The molecule has 1 amide bonds. The van der Waals surface area contributed by atoms with E-state index in [1.165, 1.54) is 11.9 Å². The first-order chi connectivity index (χ1) is 14.1. The lowest BCUT2D eigenvalue weighted by molar-refractivity contribution is -0.117. The fraction of sp³-hybridized carbons (Fsp3) is 0.500. The average Bonchev–Trinajstić information content (AvgIpc) is 2.69. The van der Waals surface area contributed by atoms with E-state index in [4.69, 9.17) is 5.73 Å². The van der Waals surface area contributed by atoms with Crippen molar-refractivity contribution in [3.8, 4) is 0 Å². The highest BCUT2D eigenvalue weighted by Gasteiger charge is 2.13. The molecule has 30 heavy (non-hydrogen) atoms. The molecule has 0 aliphatic carbocycles. The first kappa shape index (κ1) is 25.5. The molecule has 4 N–H and O–H groups in total. The van der Waals surface area contributed by atoms with Crippen molar-refractivity contribution in [2.24, 2.45) is 17.1 Å². The maximum atomic E-state index is 12.4. The van der Waals surface area contributed by atoms with Crippen LogP contribution in [0.2, 0.25) is 0 Å². The van der Waals surface area contributed by atoms with E-state index in [1.807, 2.05) is 30.3 Å². The number of hydrogen-bond donors (Lipinski definition) is 3. The Morgan fingerprint density at radius 3 is 2.43 bits per heavy atom. The van der Waals surface area contributed by atoms with E-state index in [1.54, 1.807) is 0 Å². The van der Waals surface area contributed by atoms with Gasteiger partial charge in [-0.2, -0.15) is 0 Å². The van der Waals surface area contributed by atoms with Crippen LogP contribution in [0, 0.1) is 11.3 Å². The van der Waals surface area contributed by atoms with Crippen molar-refractivity contribution in [1.29, 1.82) is 0 Å². The number of nitrogens with one attached hydrogen (secondary N) is 2. The van der Waals surface area contributed by atoms with Gasteiger partial charge in [0.15, 0.2) is 0 Å². The Morgan fingerprint density at radius 1 is 1.17 bits per heavy atom. The van der Waals surface area contributed by atoms with E-state index in [9.17, 15) is 4.79 Å². The second-order valence-electron chi connectivity index (χ2n) is 9.29. The highest BCUT2D eigenvalue weighted by atomic mass is 16.1. The van der Waals surface area contributed by atoms with Crippen molar-refractivity contribution in [2.75, 3.05) is 13.1 Å². The summed E-state index contributed by atoms with van der Waals surface area (Å²) in [6, 6.07) is 9.61. The molecule has 1 aromatic rings. The number of carbonyl (C=O) groups is 1. The van der Waals surface area contributed by atoms with E-state index >= 15 is 0 Å². The predicted molar refractivity (Wildman–Crippen MR) is 130 cm³/mol. The van der Waals surface area contributed by atoms with Crippen LogP contribution in [-0.4, -0.2) is 19.0 Å². The lowest BCUT2D eigenvalue weighted by Crippen LogP contribution is -2.26. The van der Waals surface area contributed by atoms with Crippen molar-refractivity contribution < 1.29 is 4.79 Å². The summed E-state index contributed by atoms with van der Waals surface area (Å²) in [6.07, 6.45) is 7.94. The number of benzene rings is 1. The topological polar surface area (TPSA) is 67.2 Å². The highest BCUT2D eigenvalue weighted by molar-refractivity contribution is 6.08. The lowest BCUT2D eigenvalue weighted by Gasteiger charge is -2.19. The van der Waals surface area contributed by atoms with Crippen LogP contribution < -0.4 is 16.4 Å². The SMILES string of the molecule is C=C(C(=O)NCCCC(C)C/C=C(\C)NCCC(C)(C)C)/C(=C/N)c1ccccc1. The number of carbonyl (C=O) groups excluding carboxylic acids is 1. The molecular weight excluding hydrogens is 370 g/mol. The predicted octanol–water partition coefficient (Wildman–Crippen LogP) is 5.39. The van der Waals surface area contributed by atoms with Gasteiger partial charge in [-0.1, -0.05) is 70.7 Å². The maximum absolute atomic E-state index is 12.4. The van der Waals surface area contributed by atoms with Gasteiger partial charge >= 0.3 is 0 Å². The molecule has 0 heterocycles. The van der Waals surface area contributed by atoms with Crippen molar-refractivity contribution >= 4 is 11.5 Å². The van der Waals surface area contributed by atoms with E-state index in [-0.39, 0.29) is 5.91 Å². The van der Waals surface area contributed by atoms with Crippen LogP contribution in [0.4, 0.5) is 0 Å². The Labute approximate surface area is 183 Å². The van der Waals surface area contributed by atoms with Gasteiger partial charge in [-0.3, -0.25) is 4.79 Å². The molecule has 1 rings (SSSR count). The number of nitrogens with two attached hydrogens (primary N) is 1. The normalized spacial score (nSPS) is 13.6. The van der Waals surface area contributed by atoms with E-state index < -0.39 is 0 Å². The smallest absolute Gasteiger partial charge is 0.251 e. The third-order valence-electron chi connectivity index (χ3n) is 5.12. The zero-order chi connectivity index (χ0) is 22.6. The Morgan fingerprint density at radius 2 is 1.83 bits per heavy atom. The molecule has 4 nitrogen and oxygen atoms in total. The zero-order valence-corrected chi connectivity index (χ0v) is 19.6. The van der Waals surface area contributed by atoms with Crippen LogP contribution in [-0.2, 0) is 4.79 Å². The second kappa shape index (κ2) is 12.9. The summed E-state index contributed by atoms with van der Waals surface area (Å²) in [5, 5.41) is 6.46. The van der Waals surface area contributed by atoms with Gasteiger partial charge in [-0.25, -0.2) is 0 Å². The first-order valence-electron chi connectivity index (χ1n) is 11.0. The Kier molecular flexibility index (Phi) is 11.0. The summed E-state index contributed by atoms with van der Waals surface area (Å²) in [6.45, 7) is 16.8. The van der Waals surface area contributed by atoms with Gasteiger partial charge in [0, 0.05) is 36.1 Å². The number of amides is 1. The summed E-state index contributed by atoms with van der Waals surface area (Å²) in [5.41, 5.74) is 9.30. The van der Waals surface area contributed by atoms with Crippen LogP contribution in [0.25, 0.3) is 5.57 Å². The van der Waals surface area contributed by atoms with E-state index in [0.717, 1.165) is 37.8 Å². The summed E-state index contributed by atoms with van der Waals surface area (Å²) in [4.78, 5) is 12.4. The lowest BCUT2D eigenvalue weighted by atomic mass is 9.92. The molecule has 0 aliphatic heterocycles. The molecule has 1 aromatic carbocycles.